The van der Waals surface area contributed by atoms with Crippen LogP contribution < -0.4 is 0 Å². The van der Waals surface area contributed by atoms with Crippen LogP contribution in [-0.2, 0) is 10.8 Å². The molecule has 1 nitrogen and oxygen atoms in total. The first-order valence-corrected chi connectivity index (χ1v) is 11.7. The molecule has 3 aliphatic rings. The van der Waals surface area contributed by atoms with Crippen LogP contribution in [0.1, 0.15) is 63.9 Å². The lowest BCUT2D eigenvalue weighted by Crippen LogP contribution is -2.44. The van der Waals surface area contributed by atoms with Crippen molar-refractivity contribution in [1.29, 1.82) is 0 Å². The Hall–Kier alpha value is -3.45. The fourth-order valence-corrected chi connectivity index (χ4v) is 7.11. The van der Waals surface area contributed by atoms with E-state index in [2.05, 4.69) is 84.9 Å². The highest BCUT2D eigenvalue weighted by molar-refractivity contribution is 5.99. The topological polar surface area (TPSA) is 17.1 Å². The van der Waals surface area contributed by atoms with Crippen molar-refractivity contribution in [2.45, 2.75) is 36.5 Å². The molecule has 4 aromatic rings. The van der Waals surface area contributed by atoms with E-state index in [-0.39, 0.29) is 10.8 Å². The molecular weight excluding hydrogens is 388 g/mol. The maximum atomic E-state index is 12.8. The highest BCUT2D eigenvalue weighted by atomic mass is 16.1. The summed E-state index contributed by atoms with van der Waals surface area (Å²) >= 11 is 0. The van der Waals surface area contributed by atoms with Crippen LogP contribution in [0.15, 0.2) is 97.1 Å². The van der Waals surface area contributed by atoms with Crippen LogP contribution in [0.4, 0.5) is 0 Å². The Labute approximate surface area is 188 Å². The predicted octanol–water partition coefficient (Wildman–Crippen LogP) is 7.06. The first-order valence-electron chi connectivity index (χ1n) is 11.7. The smallest absolute Gasteiger partial charge is 0.163 e. The normalized spacial score (nSPS) is 21.7. The third-order valence-corrected chi connectivity index (χ3v) is 8.41. The van der Waals surface area contributed by atoms with Crippen LogP contribution in [0.25, 0.3) is 11.1 Å². The summed E-state index contributed by atoms with van der Waals surface area (Å²) in [5, 5.41) is 0. The van der Waals surface area contributed by atoms with Crippen molar-refractivity contribution < 1.29 is 4.79 Å². The molecule has 0 amide bonds. The molecule has 0 heterocycles. The van der Waals surface area contributed by atoms with Crippen molar-refractivity contribution in [3.8, 4) is 11.1 Å². The molecule has 0 radical (unpaired) electrons. The highest BCUT2D eigenvalue weighted by Gasteiger charge is 2.54. The Morgan fingerprint density at radius 1 is 0.469 bits per heavy atom. The Morgan fingerprint density at radius 2 is 0.969 bits per heavy atom. The van der Waals surface area contributed by atoms with Gasteiger partial charge in [0.1, 0.15) is 0 Å². The summed E-state index contributed by atoms with van der Waals surface area (Å²) in [6.45, 7) is 0. The van der Waals surface area contributed by atoms with E-state index in [0.29, 0.717) is 12.2 Å². The quantitative estimate of drug-likeness (QED) is 0.302. The molecule has 1 heteroatoms. The maximum absolute atomic E-state index is 12.8. The largest absolute Gasteiger partial charge is 0.294 e. The van der Waals surface area contributed by atoms with Crippen molar-refractivity contribution in [3.05, 3.63) is 130 Å². The van der Waals surface area contributed by atoms with Crippen molar-refractivity contribution in [2.75, 3.05) is 0 Å². The van der Waals surface area contributed by atoms with Gasteiger partial charge < -0.3 is 0 Å². The van der Waals surface area contributed by atoms with Crippen molar-refractivity contribution in [2.24, 2.45) is 0 Å². The van der Waals surface area contributed by atoms with Gasteiger partial charge >= 0.3 is 0 Å². The van der Waals surface area contributed by atoms with Gasteiger partial charge in [-0.05, 0) is 58.2 Å². The van der Waals surface area contributed by atoms with Gasteiger partial charge in [0.25, 0.3) is 0 Å². The molecule has 2 spiro atoms. The Morgan fingerprint density at radius 3 is 1.62 bits per heavy atom. The number of Topliss-reactive ketones (excluding diaryl/α,β-unsaturated/α-hetero) is 1. The van der Waals surface area contributed by atoms with E-state index < -0.39 is 0 Å². The number of carbonyl (C=O) groups is 1. The monoisotopic (exact) mass is 412 g/mol. The molecular formula is C31H24O. The van der Waals surface area contributed by atoms with Gasteiger partial charge in [-0.25, -0.2) is 0 Å². The number of hydrogen-bond donors (Lipinski definition) is 0. The number of rotatable bonds is 0. The van der Waals surface area contributed by atoms with Gasteiger partial charge in [-0.3, -0.25) is 4.79 Å². The Balaban J connectivity index is 1.56. The summed E-state index contributed by atoms with van der Waals surface area (Å²) in [5.74, 6) is 0.292. The van der Waals surface area contributed by atoms with E-state index in [1.807, 2.05) is 12.1 Å². The zero-order valence-electron chi connectivity index (χ0n) is 18.0. The highest BCUT2D eigenvalue weighted by Crippen LogP contribution is 2.62. The Bertz CT molecular complexity index is 1370. The average Bonchev–Trinajstić information content (AvgIpc) is 3.15. The van der Waals surface area contributed by atoms with Crippen LogP contribution in [0.2, 0.25) is 0 Å². The average molecular weight is 413 g/mol. The summed E-state index contributed by atoms with van der Waals surface area (Å²) in [5.41, 5.74) is 10.4. The van der Waals surface area contributed by atoms with E-state index in [0.717, 1.165) is 24.8 Å². The van der Waals surface area contributed by atoms with Gasteiger partial charge in [0.05, 0.1) is 0 Å². The minimum Gasteiger partial charge on any atom is -0.294 e. The minimum atomic E-state index is -0.120. The van der Waals surface area contributed by atoms with E-state index in [9.17, 15) is 4.79 Å². The zero-order chi connectivity index (χ0) is 21.3. The van der Waals surface area contributed by atoms with Gasteiger partial charge in [0.2, 0.25) is 0 Å². The Kier molecular flexibility index (Phi) is 3.57. The first-order chi connectivity index (χ1) is 15.8. The molecule has 154 valence electrons. The van der Waals surface area contributed by atoms with E-state index in [1.165, 1.54) is 38.9 Å². The second kappa shape index (κ2) is 6.29. The summed E-state index contributed by atoms with van der Waals surface area (Å²) < 4.78 is 0. The van der Waals surface area contributed by atoms with E-state index in [1.54, 1.807) is 0 Å². The SMILES string of the molecule is O=C1CCC2(CCC3(c4ccccc4-c4ccccc43)c3ccccc32)c2ccccc21. The predicted molar refractivity (Wildman–Crippen MR) is 128 cm³/mol. The lowest BCUT2D eigenvalue weighted by molar-refractivity contribution is 0.0953. The third-order valence-electron chi connectivity index (χ3n) is 8.41. The number of carbonyl (C=O) groups excluding carboxylic acids is 1. The molecule has 0 aliphatic heterocycles. The molecule has 0 fully saturated rings. The summed E-state index contributed by atoms with van der Waals surface area (Å²) in [7, 11) is 0. The second-order valence-corrected chi connectivity index (χ2v) is 9.59. The van der Waals surface area contributed by atoms with Crippen LogP contribution >= 0.6 is 0 Å². The summed E-state index contributed by atoms with van der Waals surface area (Å²) in [6.07, 6.45) is 3.64. The van der Waals surface area contributed by atoms with Gasteiger partial charge in [0, 0.05) is 22.8 Å². The molecule has 4 aromatic carbocycles. The lowest BCUT2D eigenvalue weighted by atomic mass is 9.52. The van der Waals surface area contributed by atoms with Crippen LogP contribution in [0.3, 0.4) is 0 Å². The van der Waals surface area contributed by atoms with Gasteiger partial charge in [-0.15, -0.1) is 0 Å². The number of ketones is 1. The molecule has 32 heavy (non-hydrogen) atoms. The second-order valence-electron chi connectivity index (χ2n) is 9.59. The van der Waals surface area contributed by atoms with Crippen molar-refractivity contribution in [3.63, 3.8) is 0 Å². The number of fused-ring (bicyclic) bond motifs is 10. The molecule has 3 aliphatic carbocycles. The zero-order valence-corrected chi connectivity index (χ0v) is 18.0. The van der Waals surface area contributed by atoms with E-state index >= 15 is 0 Å². The van der Waals surface area contributed by atoms with Gasteiger partial charge in [-0.1, -0.05) is 97.1 Å². The molecule has 0 saturated heterocycles. The summed E-state index contributed by atoms with van der Waals surface area (Å²) in [6, 6.07) is 35.4. The maximum Gasteiger partial charge on any atom is 0.163 e. The standard InChI is InChI=1S/C31H24O/c32-29-17-18-30(24-12-4-3-11-23(24)29)19-20-31(28-16-8-7-15-27(28)30)25-13-5-1-9-21(25)22-10-2-6-14-26(22)31/h1-16H,17-20H2. The molecule has 7 rings (SSSR count). The molecule has 0 N–H and O–H groups in total. The molecule has 1 unspecified atom stereocenters. The van der Waals surface area contributed by atoms with Crippen LogP contribution in [-0.4, -0.2) is 5.78 Å². The molecule has 0 saturated carbocycles. The first kappa shape index (κ1) is 18.2. The van der Waals surface area contributed by atoms with Crippen LogP contribution in [0, 0.1) is 0 Å². The minimum absolute atomic E-state index is 0.0845. The van der Waals surface area contributed by atoms with Crippen molar-refractivity contribution >= 4 is 5.78 Å². The fourth-order valence-electron chi connectivity index (χ4n) is 7.11. The molecule has 1 atom stereocenters. The molecule has 0 aromatic heterocycles. The number of benzene rings is 4. The summed E-state index contributed by atoms with van der Waals surface area (Å²) in [4.78, 5) is 12.8. The lowest BCUT2D eigenvalue weighted by Gasteiger charge is -2.50. The van der Waals surface area contributed by atoms with Crippen LogP contribution in [0.5, 0.6) is 0 Å². The third kappa shape index (κ3) is 2.07. The van der Waals surface area contributed by atoms with Crippen molar-refractivity contribution in [1.82, 2.24) is 0 Å². The fraction of sp³-hybridized carbons (Fsp3) is 0.194. The van der Waals surface area contributed by atoms with Gasteiger partial charge in [-0.2, -0.15) is 0 Å². The van der Waals surface area contributed by atoms with Gasteiger partial charge in [0.15, 0.2) is 5.78 Å². The van der Waals surface area contributed by atoms with E-state index in [4.69, 9.17) is 0 Å². The number of hydrogen-bond acceptors (Lipinski definition) is 1. The molecule has 0 bridgehead atoms.